The Bertz CT molecular complexity index is 1640. The summed E-state index contributed by atoms with van der Waals surface area (Å²) in [4.78, 5) is 35.9. The van der Waals surface area contributed by atoms with Crippen LogP contribution in [-0.2, 0) is 14.9 Å². The Labute approximate surface area is 291 Å². The number of likely N-dealkylation sites (tertiary alicyclic amines) is 1. The van der Waals surface area contributed by atoms with Gasteiger partial charge in [-0.3, -0.25) is 9.69 Å². The van der Waals surface area contributed by atoms with Gasteiger partial charge in [-0.1, -0.05) is 32.9 Å². The number of amides is 2. The van der Waals surface area contributed by atoms with E-state index in [1.165, 1.54) is 11.1 Å². The predicted molar refractivity (Wildman–Crippen MR) is 190 cm³/mol. The number of nitrogens with zero attached hydrogens (tertiary/aromatic N) is 5. The smallest absolute Gasteiger partial charge is 0.410 e. The number of rotatable bonds is 9. The van der Waals surface area contributed by atoms with Crippen LogP contribution < -0.4 is 9.64 Å². The SMILES string of the molecule is COc1ccc(C23CCC(CN(C(=O)C4CCC(OC(=O)N5CC(C)C5)CC4)c4cc(-n5ccc(C(C)C)n5)ccn4)(CC2)CC3)cc1C. The Hall–Kier alpha value is -3.88. The summed E-state index contributed by atoms with van der Waals surface area (Å²) in [6.45, 7) is 10.8. The lowest BCUT2D eigenvalue weighted by Crippen LogP contribution is -2.52. The lowest BCUT2D eigenvalue weighted by molar-refractivity contribution is -0.124. The Morgan fingerprint density at radius 1 is 0.980 bits per heavy atom. The van der Waals surface area contributed by atoms with Gasteiger partial charge < -0.3 is 14.4 Å². The van der Waals surface area contributed by atoms with Gasteiger partial charge >= 0.3 is 6.09 Å². The third kappa shape index (κ3) is 6.70. The van der Waals surface area contributed by atoms with Gasteiger partial charge in [-0.15, -0.1) is 0 Å². The van der Waals surface area contributed by atoms with Crippen molar-refractivity contribution in [3.05, 3.63) is 65.6 Å². The first-order chi connectivity index (χ1) is 23.6. The summed E-state index contributed by atoms with van der Waals surface area (Å²) >= 11 is 0. The van der Waals surface area contributed by atoms with Crippen molar-refractivity contribution in [2.75, 3.05) is 31.6 Å². The van der Waals surface area contributed by atoms with Crippen molar-refractivity contribution in [3.8, 4) is 11.4 Å². The average Bonchev–Trinajstić information content (AvgIpc) is 3.61. The molecule has 0 radical (unpaired) electrons. The van der Waals surface area contributed by atoms with Crippen molar-refractivity contribution < 1.29 is 19.1 Å². The maximum absolute atomic E-state index is 14.6. The third-order valence-corrected chi connectivity index (χ3v) is 12.3. The van der Waals surface area contributed by atoms with E-state index in [-0.39, 0.29) is 34.9 Å². The molecule has 2 aromatic heterocycles. The van der Waals surface area contributed by atoms with Gasteiger partial charge in [0, 0.05) is 44.0 Å². The molecule has 0 unspecified atom stereocenters. The van der Waals surface area contributed by atoms with Gasteiger partial charge in [-0.25, -0.2) is 14.5 Å². The number of fused-ring (bicyclic) bond motifs is 3. The van der Waals surface area contributed by atoms with Crippen LogP contribution in [-0.4, -0.2) is 64.5 Å². The topological polar surface area (TPSA) is 89.8 Å². The second kappa shape index (κ2) is 13.4. The summed E-state index contributed by atoms with van der Waals surface area (Å²) in [5.74, 6) is 2.55. The number of carbonyl (C=O) groups excluding carboxylic acids is 2. The zero-order valence-electron chi connectivity index (χ0n) is 30.0. The number of methoxy groups -OCH3 is 1. The molecule has 3 heterocycles. The van der Waals surface area contributed by atoms with Crippen molar-refractivity contribution in [2.24, 2.45) is 17.3 Å². The summed E-state index contributed by atoms with van der Waals surface area (Å²) in [6.07, 6.45) is 13.0. The van der Waals surface area contributed by atoms with Gasteiger partial charge in [0.1, 0.15) is 17.7 Å². The molecule has 5 aliphatic rings. The van der Waals surface area contributed by atoms with E-state index in [0.717, 1.165) is 68.7 Å². The minimum absolute atomic E-state index is 0.0637. The normalized spacial score (nSPS) is 26.8. The molecule has 1 saturated heterocycles. The third-order valence-electron chi connectivity index (χ3n) is 12.3. The number of hydrogen-bond donors (Lipinski definition) is 0. The van der Waals surface area contributed by atoms with Crippen molar-refractivity contribution in [3.63, 3.8) is 0 Å². The number of anilines is 1. The molecule has 49 heavy (non-hydrogen) atoms. The van der Waals surface area contributed by atoms with Gasteiger partial charge in [-0.05, 0) is 123 Å². The lowest BCUT2D eigenvalue weighted by atomic mass is 9.51. The number of ether oxygens (including phenoxy) is 2. The largest absolute Gasteiger partial charge is 0.496 e. The van der Waals surface area contributed by atoms with E-state index in [1.54, 1.807) is 12.0 Å². The number of benzene rings is 1. The van der Waals surface area contributed by atoms with E-state index < -0.39 is 0 Å². The van der Waals surface area contributed by atoms with Gasteiger partial charge in [0.25, 0.3) is 0 Å². The van der Waals surface area contributed by atoms with Crippen LogP contribution in [0.5, 0.6) is 5.75 Å². The highest BCUT2D eigenvalue weighted by molar-refractivity contribution is 5.94. The van der Waals surface area contributed by atoms with Gasteiger partial charge in [0.15, 0.2) is 0 Å². The molecule has 2 bridgehead atoms. The van der Waals surface area contributed by atoms with E-state index in [1.807, 2.05) is 34.1 Å². The number of carbonyl (C=O) groups is 2. The fourth-order valence-corrected chi connectivity index (χ4v) is 8.95. The molecule has 0 atom stereocenters. The second-order valence-corrected chi connectivity index (χ2v) is 16.0. The Morgan fingerprint density at radius 3 is 2.31 bits per heavy atom. The van der Waals surface area contributed by atoms with Crippen LogP contribution in [0.2, 0.25) is 0 Å². The minimum Gasteiger partial charge on any atom is -0.496 e. The number of aryl methyl sites for hydroxylation is 1. The van der Waals surface area contributed by atoms with Crippen molar-refractivity contribution in [1.29, 1.82) is 0 Å². The maximum Gasteiger partial charge on any atom is 0.410 e. The zero-order valence-corrected chi connectivity index (χ0v) is 30.0. The summed E-state index contributed by atoms with van der Waals surface area (Å²) in [5.41, 5.74) is 4.83. The molecule has 1 aromatic carbocycles. The van der Waals surface area contributed by atoms with Crippen LogP contribution in [0.3, 0.4) is 0 Å². The first-order valence-electron chi connectivity index (χ1n) is 18.5. The molecule has 8 rings (SSSR count). The van der Waals surface area contributed by atoms with E-state index in [2.05, 4.69) is 52.0 Å². The zero-order chi connectivity index (χ0) is 34.3. The first kappa shape index (κ1) is 33.6. The van der Waals surface area contributed by atoms with Gasteiger partial charge in [-0.2, -0.15) is 5.10 Å². The average molecular weight is 668 g/mol. The number of aromatic nitrogens is 3. The molecule has 3 aromatic rings. The molecular weight excluding hydrogens is 614 g/mol. The molecule has 4 saturated carbocycles. The molecular formula is C40H53N5O4. The summed E-state index contributed by atoms with van der Waals surface area (Å²) < 4.78 is 13.3. The van der Waals surface area contributed by atoms with Crippen LogP contribution in [0.25, 0.3) is 5.69 Å². The monoisotopic (exact) mass is 667 g/mol. The van der Waals surface area contributed by atoms with Crippen LogP contribution in [0.1, 0.15) is 108 Å². The standard InChI is InChI=1S/C40H53N5O4/c1-27(2)34-13-21-45(42-34)32-12-20-41-36(23-32)44(37(46)30-6-9-33(10-7-30)49-38(47)43-24-28(3)25-43)26-39-14-17-40(18-15-39,19-16-39)31-8-11-35(48-5)29(4)22-31/h8,11-13,20-23,27-28,30,33H,6-7,9-10,14-19,24-26H2,1-5H3. The Balaban J connectivity index is 1.10. The number of hydrogen-bond acceptors (Lipinski definition) is 6. The molecule has 9 nitrogen and oxygen atoms in total. The fourth-order valence-electron chi connectivity index (χ4n) is 8.95. The van der Waals surface area contributed by atoms with Crippen molar-refractivity contribution in [2.45, 2.75) is 109 Å². The first-order valence-corrected chi connectivity index (χ1v) is 18.5. The van der Waals surface area contributed by atoms with E-state index >= 15 is 0 Å². The highest BCUT2D eigenvalue weighted by Gasteiger charge is 2.51. The molecule has 4 aliphatic carbocycles. The maximum atomic E-state index is 14.6. The Morgan fingerprint density at radius 2 is 1.69 bits per heavy atom. The summed E-state index contributed by atoms with van der Waals surface area (Å²) in [7, 11) is 1.74. The van der Waals surface area contributed by atoms with E-state index in [0.29, 0.717) is 49.9 Å². The quantitative estimate of drug-likeness (QED) is 0.230. The molecule has 0 N–H and O–H groups in total. The summed E-state index contributed by atoms with van der Waals surface area (Å²) in [5, 5.41) is 4.81. The molecule has 2 amide bonds. The molecule has 9 heteroatoms. The van der Waals surface area contributed by atoms with Crippen molar-refractivity contribution >= 4 is 17.8 Å². The fraction of sp³-hybridized carbons (Fsp3) is 0.600. The predicted octanol–water partition coefficient (Wildman–Crippen LogP) is 7.98. The molecule has 1 aliphatic heterocycles. The molecule has 0 spiro atoms. The highest BCUT2D eigenvalue weighted by Crippen LogP contribution is 2.58. The van der Waals surface area contributed by atoms with Crippen LogP contribution in [0.4, 0.5) is 10.6 Å². The van der Waals surface area contributed by atoms with Crippen LogP contribution in [0.15, 0.2) is 48.8 Å². The minimum atomic E-state index is -0.204. The van der Waals surface area contributed by atoms with Gasteiger partial charge in [0.05, 0.1) is 18.5 Å². The molecule has 5 fully saturated rings. The van der Waals surface area contributed by atoms with E-state index in [4.69, 9.17) is 19.6 Å². The molecule has 262 valence electrons. The van der Waals surface area contributed by atoms with Crippen LogP contribution in [0, 0.1) is 24.2 Å². The van der Waals surface area contributed by atoms with Crippen LogP contribution >= 0.6 is 0 Å². The second-order valence-electron chi connectivity index (χ2n) is 16.0. The van der Waals surface area contributed by atoms with Crippen molar-refractivity contribution in [1.82, 2.24) is 19.7 Å². The summed E-state index contributed by atoms with van der Waals surface area (Å²) in [6, 6.07) is 12.8. The van der Waals surface area contributed by atoms with E-state index in [9.17, 15) is 9.59 Å². The van der Waals surface area contributed by atoms with Gasteiger partial charge in [0.2, 0.25) is 5.91 Å². The Kier molecular flexibility index (Phi) is 9.22. The lowest BCUT2D eigenvalue weighted by Gasteiger charge is -2.55. The number of pyridine rings is 1. The highest BCUT2D eigenvalue weighted by atomic mass is 16.6.